The number of anilines is 2. The number of aromatic nitrogens is 1. The van der Waals surface area contributed by atoms with Crippen molar-refractivity contribution < 1.29 is 9.53 Å². The van der Waals surface area contributed by atoms with Crippen molar-refractivity contribution in [3.05, 3.63) is 12.1 Å². The third-order valence-corrected chi connectivity index (χ3v) is 2.77. The molecule has 0 bridgehead atoms. The molecule has 1 aromatic heterocycles. The summed E-state index contributed by atoms with van der Waals surface area (Å²) in [6.45, 7) is 0.237. The first kappa shape index (κ1) is 12.5. The number of nitrogen functional groups attached to an aromatic ring is 1. The maximum atomic E-state index is 11.7. The number of likely N-dealkylation sites (N-methyl/N-ethyl adjacent to an activating group) is 1. The molecular formula is C12H18N4O2. The van der Waals surface area contributed by atoms with E-state index in [0.29, 0.717) is 23.4 Å². The third kappa shape index (κ3) is 3.03. The highest BCUT2D eigenvalue weighted by molar-refractivity contribution is 5.82. The maximum absolute atomic E-state index is 11.7. The van der Waals surface area contributed by atoms with Gasteiger partial charge in [-0.3, -0.25) is 4.79 Å². The zero-order chi connectivity index (χ0) is 13.1. The molecule has 0 unspecified atom stereocenters. The monoisotopic (exact) mass is 250 g/mol. The summed E-state index contributed by atoms with van der Waals surface area (Å²) in [5.41, 5.74) is 6.37. The van der Waals surface area contributed by atoms with Crippen LogP contribution in [0.5, 0.6) is 5.88 Å². The molecule has 0 aromatic carbocycles. The Morgan fingerprint density at radius 3 is 2.94 bits per heavy atom. The van der Waals surface area contributed by atoms with Gasteiger partial charge < -0.3 is 20.7 Å². The van der Waals surface area contributed by atoms with Gasteiger partial charge in [-0.1, -0.05) is 0 Å². The van der Waals surface area contributed by atoms with Gasteiger partial charge in [-0.05, 0) is 18.9 Å². The van der Waals surface area contributed by atoms with Gasteiger partial charge in [0, 0.05) is 19.2 Å². The van der Waals surface area contributed by atoms with E-state index >= 15 is 0 Å². The smallest absolute Gasteiger partial charge is 0.239 e. The van der Waals surface area contributed by atoms with Crippen LogP contribution in [0.4, 0.5) is 11.5 Å². The summed E-state index contributed by atoms with van der Waals surface area (Å²) in [7, 11) is 3.33. The second-order valence-electron chi connectivity index (χ2n) is 4.46. The Bertz CT molecular complexity index is 446. The van der Waals surface area contributed by atoms with Crippen LogP contribution in [0.1, 0.15) is 12.8 Å². The van der Waals surface area contributed by atoms with Crippen LogP contribution in [0.2, 0.25) is 0 Å². The Morgan fingerprint density at radius 1 is 1.61 bits per heavy atom. The first-order valence-electron chi connectivity index (χ1n) is 5.91. The molecule has 2 rings (SSSR count). The highest BCUT2D eigenvalue weighted by Crippen LogP contribution is 2.23. The van der Waals surface area contributed by atoms with Gasteiger partial charge in [0.05, 0.1) is 19.3 Å². The molecule has 3 N–H and O–H groups in total. The number of nitrogens with two attached hydrogens (primary N) is 1. The fourth-order valence-corrected chi connectivity index (χ4v) is 1.65. The maximum Gasteiger partial charge on any atom is 0.239 e. The van der Waals surface area contributed by atoms with Crippen molar-refractivity contribution in [3.8, 4) is 5.88 Å². The van der Waals surface area contributed by atoms with E-state index in [0.717, 1.165) is 12.8 Å². The van der Waals surface area contributed by atoms with Gasteiger partial charge in [-0.2, -0.15) is 4.98 Å². The normalized spacial score (nSPS) is 14.1. The van der Waals surface area contributed by atoms with Gasteiger partial charge in [0.15, 0.2) is 5.82 Å². The summed E-state index contributed by atoms with van der Waals surface area (Å²) in [6.07, 6.45) is 2.16. The largest absolute Gasteiger partial charge is 0.481 e. The Hall–Kier alpha value is -1.98. The van der Waals surface area contributed by atoms with E-state index in [4.69, 9.17) is 10.5 Å². The topological polar surface area (TPSA) is 80.5 Å². The number of carbonyl (C=O) groups excluding carboxylic acids is 1. The number of ether oxygens (including phenoxy) is 1. The molecule has 1 amide bonds. The number of carbonyl (C=O) groups is 1. The van der Waals surface area contributed by atoms with Crippen LogP contribution in [0, 0.1) is 0 Å². The number of rotatable bonds is 5. The fraction of sp³-hybridized carbons (Fsp3) is 0.500. The summed E-state index contributed by atoms with van der Waals surface area (Å²) in [5, 5.41) is 2.92. The lowest BCUT2D eigenvalue weighted by Gasteiger charge is -2.19. The molecule has 1 aliphatic carbocycles. The van der Waals surface area contributed by atoms with Crippen molar-refractivity contribution in [2.75, 3.05) is 31.3 Å². The van der Waals surface area contributed by atoms with Crippen molar-refractivity contribution in [1.29, 1.82) is 0 Å². The van der Waals surface area contributed by atoms with E-state index < -0.39 is 0 Å². The number of amides is 1. The van der Waals surface area contributed by atoms with E-state index in [1.165, 1.54) is 0 Å². The van der Waals surface area contributed by atoms with Crippen LogP contribution in [0.15, 0.2) is 12.1 Å². The second-order valence-corrected chi connectivity index (χ2v) is 4.46. The summed E-state index contributed by atoms with van der Waals surface area (Å²) < 4.78 is 5.05. The average Bonchev–Trinajstić information content (AvgIpc) is 3.13. The molecule has 18 heavy (non-hydrogen) atoms. The number of pyridine rings is 1. The molecule has 0 aliphatic heterocycles. The van der Waals surface area contributed by atoms with E-state index in [1.807, 2.05) is 0 Å². The van der Waals surface area contributed by atoms with E-state index in [9.17, 15) is 4.79 Å². The molecule has 1 aliphatic rings. The number of hydrogen-bond acceptors (Lipinski definition) is 5. The van der Waals surface area contributed by atoms with E-state index in [-0.39, 0.29) is 12.5 Å². The summed E-state index contributed by atoms with van der Waals surface area (Å²) in [6, 6.07) is 3.77. The van der Waals surface area contributed by atoms with Crippen LogP contribution in [-0.4, -0.2) is 37.6 Å². The van der Waals surface area contributed by atoms with Crippen LogP contribution < -0.4 is 20.7 Å². The van der Waals surface area contributed by atoms with Gasteiger partial charge in [0.1, 0.15) is 0 Å². The number of nitrogens with zero attached hydrogens (tertiary/aromatic N) is 2. The highest BCUT2D eigenvalue weighted by atomic mass is 16.5. The van der Waals surface area contributed by atoms with Crippen molar-refractivity contribution in [3.63, 3.8) is 0 Å². The summed E-state index contributed by atoms with van der Waals surface area (Å²) >= 11 is 0. The van der Waals surface area contributed by atoms with Gasteiger partial charge in [-0.15, -0.1) is 0 Å². The molecular weight excluding hydrogens is 232 g/mol. The highest BCUT2D eigenvalue weighted by Gasteiger charge is 2.24. The molecule has 0 saturated heterocycles. The Balaban J connectivity index is 2.02. The standard InChI is InChI=1S/C12H18N4O2/c1-16(7-10(17)14-8-3-4-8)12-9(13)5-6-11(15-12)18-2/h5-6,8H,3-4,7,13H2,1-2H3,(H,14,17). The van der Waals surface area contributed by atoms with Gasteiger partial charge >= 0.3 is 0 Å². The molecule has 6 heteroatoms. The molecule has 0 atom stereocenters. The summed E-state index contributed by atoms with van der Waals surface area (Å²) in [5.74, 6) is 1.03. The molecule has 1 heterocycles. The van der Waals surface area contributed by atoms with Crippen molar-refractivity contribution in [1.82, 2.24) is 10.3 Å². The number of nitrogens with one attached hydrogen (secondary N) is 1. The number of methoxy groups -OCH3 is 1. The predicted octanol–water partition coefficient (Wildman–Crippen LogP) is 0.387. The Morgan fingerprint density at radius 2 is 2.33 bits per heavy atom. The SMILES string of the molecule is COc1ccc(N)c(N(C)CC(=O)NC2CC2)n1. The van der Waals surface area contributed by atoms with Gasteiger partial charge in [0.25, 0.3) is 0 Å². The van der Waals surface area contributed by atoms with E-state index in [1.54, 1.807) is 31.2 Å². The minimum absolute atomic E-state index is 0.0102. The van der Waals surface area contributed by atoms with Crippen molar-refractivity contribution in [2.24, 2.45) is 0 Å². The molecule has 1 saturated carbocycles. The third-order valence-electron chi connectivity index (χ3n) is 2.77. The van der Waals surface area contributed by atoms with E-state index in [2.05, 4.69) is 10.3 Å². The first-order valence-corrected chi connectivity index (χ1v) is 5.91. The van der Waals surface area contributed by atoms with Crippen molar-refractivity contribution >= 4 is 17.4 Å². The molecule has 1 fully saturated rings. The van der Waals surface area contributed by atoms with Gasteiger partial charge in [-0.25, -0.2) is 0 Å². The second kappa shape index (κ2) is 5.12. The molecule has 1 aromatic rings. The average molecular weight is 250 g/mol. The minimum atomic E-state index is -0.0102. The lowest BCUT2D eigenvalue weighted by molar-refractivity contribution is -0.119. The number of hydrogen-bond donors (Lipinski definition) is 2. The van der Waals surface area contributed by atoms with Crippen LogP contribution in [0.3, 0.4) is 0 Å². The van der Waals surface area contributed by atoms with Crippen molar-refractivity contribution in [2.45, 2.75) is 18.9 Å². The lowest BCUT2D eigenvalue weighted by Crippen LogP contribution is -2.36. The summed E-state index contributed by atoms with van der Waals surface area (Å²) in [4.78, 5) is 17.6. The van der Waals surface area contributed by atoms with Crippen LogP contribution in [-0.2, 0) is 4.79 Å². The minimum Gasteiger partial charge on any atom is -0.481 e. The lowest BCUT2D eigenvalue weighted by atomic mass is 10.3. The zero-order valence-corrected chi connectivity index (χ0v) is 10.6. The van der Waals surface area contributed by atoms with Gasteiger partial charge in [0.2, 0.25) is 11.8 Å². The molecule has 6 nitrogen and oxygen atoms in total. The first-order chi connectivity index (χ1) is 8.60. The Labute approximate surface area is 106 Å². The Kier molecular flexibility index (Phi) is 3.55. The predicted molar refractivity (Wildman–Crippen MR) is 69.6 cm³/mol. The molecule has 0 spiro atoms. The molecule has 0 radical (unpaired) electrons. The zero-order valence-electron chi connectivity index (χ0n) is 10.6. The van der Waals surface area contributed by atoms with Crippen LogP contribution in [0.25, 0.3) is 0 Å². The quantitative estimate of drug-likeness (QED) is 0.790. The molecule has 98 valence electrons. The fourth-order valence-electron chi connectivity index (χ4n) is 1.65. The van der Waals surface area contributed by atoms with Crippen LogP contribution >= 0.6 is 0 Å².